The second-order valence-electron chi connectivity index (χ2n) is 7.04. The number of nitrogens with two attached hydrogens (primary N) is 1. The van der Waals surface area contributed by atoms with Gasteiger partial charge < -0.3 is 31.2 Å². The number of amides is 4. The zero-order valence-electron chi connectivity index (χ0n) is 18.4. The van der Waals surface area contributed by atoms with Gasteiger partial charge in [0.05, 0.1) is 13.2 Å². The summed E-state index contributed by atoms with van der Waals surface area (Å²) in [6, 6.07) is 3.55. The lowest BCUT2D eigenvalue weighted by molar-refractivity contribution is -0.129. The smallest absolute Gasteiger partial charge is 0.251 e. The second kappa shape index (κ2) is 13.3. The molecule has 0 spiro atoms. The molecule has 0 unspecified atom stereocenters. The van der Waals surface area contributed by atoms with Crippen LogP contribution in [0.15, 0.2) is 18.2 Å². The molecule has 10 heteroatoms. The van der Waals surface area contributed by atoms with Gasteiger partial charge in [-0.15, -0.1) is 0 Å². The monoisotopic (exact) mass is 436 g/mol. The van der Waals surface area contributed by atoms with E-state index in [-0.39, 0.29) is 13.0 Å². The lowest BCUT2D eigenvalue weighted by Gasteiger charge is -2.18. The third-order valence-corrected chi connectivity index (χ3v) is 4.26. The summed E-state index contributed by atoms with van der Waals surface area (Å²) >= 11 is 0. The van der Waals surface area contributed by atoms with Crippen LogP contribution in [0.3, 0.4) is 0 Å². The van der Waals surface area contributed by atoms with E-state index >= 15 is 0 Å². The van der Waals surface area contributed by atoms with Gasteiger partial charge in [0.1, 0.15) is 12.1 Å². The van der Waals surface area contributed by atoms with E-state index in [1.807, 2.05) is 13.0 Å². The minimum atomic E-state index is -0.880. The lowest BCUT2D eigenvalue weighted by Crippen LogP contribution is -2.51. The van der Waals surface area contributed by atoms with Crippen LogP contribution in [0.1, 0.15) is 48.7 Å². The summed E-state index contributed by atoms with van der Waals surface area (Å²) in [6.45, 7) is 6.22. The Kier molecular flexibility index (Phi) is 11.2. The van der Waals surface area contributed by atoms with E-state index in [2.05, 4.69) is 16.0 Å². The highest BCUT2D eigenvalue weighted by molar-refractivity contribution is 5.98. The van der Waals surface area contributed by atoms with Crippen LogP contribution in [-0.4, -0.2) is 56.0 Å². The van der Waals surface area contributed by atoms with Crippen molar-refractivity contribution in [2.45, 2.75) is 52.5 Å². The van der Waals surface area contributed by atoms with Gasteiger partial charge in [-0.05, 0) is 44.0 Å². The highest BCUT2D eigenvalue weighted by Gasteiger charge is 2.21. The number of rotatable bonds is 13. The second-order valence-corrected chi connectivity index (χ2v) is 7.04. The van der Waals surface area contributed by atoms with E-state index in [1.165, 1.54) is 13.8 Å². The van der Waals surface area contributed by atoms with Crippen LogP contribution < -0.4 is 21.7 Å². The first-order chi connectivity index (χ1) is 14.7. The molecule has 0 radical (unpaired) electrons. The summed E-state index contributed by atoms with van der Waals surface area (Å²) in [5, 5.41) is 7.65. The average Bonchev–Trinajstić information content (AvgIpc) is 2.71. The molecule has 0 saturated heterocycles. The molecule has 2 atom stereocenters. The van der Waals surface area contributed by atoms with E-state index in [1.54, 1.807) is 19.2 Å². The fourth-order valence-electron chi connectivity index (χ4n) is 2.66. The summed E-state index contributed by atoms with van der Waals surface area (Å²) in [7, 11) is 1.56. The predicted octanol–water partition coefficient (Wildman–Crippen LogP) is -0.0159. The molecule has 172 valence electrons. The summed E-state index contributed by atoms with van der Waals surface area (Å²) in [4.78, 5) is 47.7. The first-order valence-corrected chi connectivity index (χ1v) is 10.0. The van der Waals surface area contributed by atoms with Gasteiger partial charge in [-0.1, -0.05) is 6.07 Å². The molecule has 0 aliphatic carbocycles. The third kappa shape index (κ3) is 9.58. The zero-order valence-corrected chi connectivity index (χ0v) is 18.4. The Morgan fingerprint density at radius 3 is 2.16 bits per heavy atom. The van der Waals surface area contributed by atoms with Crippen LogP contribution in [0.5, 0.6) is 0 Å². The number of methoxy groups -OCH3 is 1. The number of hydrogen-bond donors (Lipinski definition) is 4. The molecule has 0 bridgehead atoms. The number of carbonyl (C=O) groups excluding carboxylic acids is 4. The summed E-state index contributed by atoms with van der Waals surface area (Å²) < 4.78 is 10.6. The largest absolute Gasteiger partial charge is 0.380 e. The molecule has 31 heavy (non-hydrogen) atoms. The Morgan fingerprint density at radius 1 is 0.968 bits per heavy atom. The molecule has 0 heterocycles. The molecule has 0 aliphatic rings. The number of primary amides is 1. The van der Waals surface area contributed by atoms with Gasteiger partial charge in [0.15, 0.2) is 0 Å². The average molecular weight is 437 g/mol. The number of nitrogens with one attached hydrogen (secondary N) is 3. The molecule has 0 aliphatic heterocycles. The Balaban J connectivity index is 2.71. The quantitative estimate of drug-likeness (QED) is 0.342. The number of ether oxygens (including phenoxy) is 2. The van der Waals surface area contributed by atoms with Crippen molar-refractivity contribution >= 4 is 23.6 Å². The fourth-order valence-corrected chi connectivity index (χ4v) is 2.66. The maximum absolute atomic E-state index is 12.7. The zero-order chi connectivity index (χ0) is 23.4. The Labute approximate surface area is 182 Å². The summed E-state index contributed by atoms with van der Waals surface area (Å²) in [6.07, 6.45) is 0.00624. The van der Waals surface area contributed by atoms with E-state index in [4.69, 9.17) is 15.2 Å². The van der Waals surface area contributed by atoms with Gasteiger partial charge in [-0.3, -0.25) is 19.2 Å². The standard InChI is InChI=1S/C21H32N4O6/c1-5-31-12-16-8-15(11-30-4)9-17(10-16)21(29)25-14(3)20(28)24-13(2)19(27)23-7-6-18(22)26/h8-10,13-14H,5-7,11-12H2,1-4H3,(H2,22,26)(H,23,27)(H,24,28)(H,25,29)/t13-,14-/m0/s1. The number of hydrogen-bond acceptors (Lipinski definition) is 6. The van der Waals surface area contributed by atoms with Crippen molar-refractivity contribution in [2.75, 3.05) is 20.3 Å². The van der Waals surface area contributed by atoms with Crippen LogP contribution in [0.25, 0.3) is 0 Å². The minimum Gasteiger partial charge on any atom is -0.380 e. The molecule has 5 N–H and O–H groups in total. The highest BCUT2D eigenvalue weighted by Crippen LogP contribution is 2.13. The van der Waals surface area contributed by atoms with E-state index in [0.717, 1.165) is 11.1 Å². The first kappa shape index (κ1) is 26.1. The Morgan fingerprint density at radius 2 is 1.58 bits per heavy atom. The normalized spacial score (nSPS) is 12.5. The van der Waals surface area contributed by atoms with Crippen molar-refractivity contribution in [3.05, 3.63) is 34.9 Å². The topological polar surface area (TPSA) is 149 Å². The lowest BCUT2D eigenvalue weighted by atomic mass is 10.1. The minimum absolute atomic E-state index is 0.00624. The third-order valence-electron chi connectivity index (χ3n) is 4.26. The molecule has 1 aromatic rings. The van der Waals surface area contributed by atoms with Crippen LogP contribution >= 0.6 is 0 Å². The van der Waals surface area contributed by atoms with E-state index < -0.39 is 35.7 Å². The van der Waals surface area contributed by atoms with Crippen LogP contribution in [0, 0.1) is 0 Å². The van der Waals surface area contributed by atoms with Crippen molar-refractivity contribution in [1.29, 1.82) is 0 Å². The molecule has 4 amide bonds. The fraction of sp³-hybridized carbons (Fsp3) is 0.524. The van der Waals surface area contributed by atoms with Crippen molar-refractivity contribution in [3.63, 3.8) is 0 Å². The van der Waals surface area contributed by atoms with E-state index in [9.17, 15) is 19.2 Å². The molecule has 1 rings (SSSR count). The molecule has 10 nitrogen and oxygen atoms in total. The maximum Gasteiger partial charge on any atom is 0.251 e. The van der Waals surface area contributed by atoms with Gasteiger partial charge in [-0.25, -0.2) is 0 Å². The van der Waals surface area contributed by atoms with Gasteiger partial charge in [0, 0.05) is 32.2 Å². The maximum atomic E-state index is 12.7. The van der Waals surface area contributed by atoms with Crippen molar-refractivity contribution in [1.82, 2.24) is 16.0 Å². The molecule has 0 fully saturated rings. The van der Waals surface area contributed by atoms with Crippen molar-refractivity contribution < 1.29 is 28.7 Å². The SMILES string of the molecule is CCOCc1cc(COC)cc(C(=O)N[C@@H](C)C(=O)N[C@@H](C)C(=O)NCCC(N)=O)c1. The van der Waals surface area contributed by atoms with Gasteiger partial charge in [-0.2, -0.15) is 0 Å². The molecule has 1 aromatic carbocycles. The summed E-state index contributed by atoms with van der Waals surface area (Å²) in [5.41, 5.74) is 7.02. The molecule has 0 saturated carbocycles. The number of carbonyl (C=O) groups is 4. The highest BCUT2D eigenvalue weighted by atomic mass is 16.5. The van der Waals surface area contributed by atoms with E-state index in [0.29, 0.717) is 25.4 Å². The summed E-state index contributed by atoms with van der Waals surface area (Å²) in [5.74, 6) is -1.95. The number of benzene rings is 1. The Bertz CT molecular complexity index is 783. The molecular weight excluding hydrogens is 404 g/mol. The van der Waals surface area contributed by atoms with Crippen LogP contribution in [0.4, 0.5) is 0 Å². The van der Waals surface area contributed by atoms with Crippen LogP contribution in [-0.2, 0) is 37.1 Å². The van der Waals surface area contributed by atoms with Crippen LogP contribution in [0.2, 0.25) is 0 Å². The van der Waals surface area contributed by atoms with Gasteiger partial charge in [0.2, 0.25) is 17.7 Å². The first-order valence-electron chi connectivity index (χ1n) is 10.0. The van der Waals surface area contributed by atoms with Gasteiger partial charge >= 0.3 is 0 Å². The molecular formula is C21H32N4O6. The predicted molar refractivity (Wildman–Crippen MR) is 114 cm³/mol. The van der Waals surface area contributed by atoms with Gasteiger partial charge in [0.25, 0.3) is 5.91 Å². The van der Waals surface area contributed by atoms with Crippen molar-refractivity contribution in [3.8, 4) is 0 Å². The van der Waals surface area contributed by atoms with Crippen molar-refractivity contribution in [2.24, 2.45) is 5.73 Å². The Hall–Kier alpha value is -2.98. The molecule has 0 aromatic heterocycles.